The molecular formula is C14H10F2N2O2S. The number of benzene rings is 1. The fourth-order valence-corrected chi connectivity index (χ4v) is 2.92. The summed E-state index contributed by atoms with van der Waals surface area (Å²) in [6.07, 6.45) is 0.436. The molecule has 3 rings (SSSR count). The first-order valence-electron chi connectivity index (χ1n) is 6.27. The van der Waals surface area contributed by atoms with Gasteiger partial charge in [0.25, 0.3) is 0 Å². The third-order valence-corrected chi connectivity index (χ3v) is 4.04. The Bertz CT molecular complexity index is 714. The Morgan fingerprint density at radius 1 is 1.19 bits per heavy atom. The smallest absolute Gasteiger partial charge is 0.230 e. The zero-order valence-electron chi connectivity index (χ0n) is 10.8. The van der Waals surface area contributed by atoms with Gasteiger partial charge >= 0.3 is 0 Å². The first kappa shape index (κ1) is 13.8. The van der Waals surface area contributed by atoms with Crippen molar-refractivity contribution in [2.24, 2.45) is 0 Å². The summed E-state index contributed by atoms with van der Waals surface area (Å²) in [5, 5.41) is 2.09. The van der Waals surface area contributed by atoms with E-state index in [0.29, 0.717) is 10.7 Å². The number of hydrogen-bond acceptors (Lipinski definition) is 4. The van der Waals surface area contributed by atoms with E-state index < -0.39 is 11.6 Å². The van der Waals surface area contributed by atoms with Crippen LogP contribution < -0.4 is 0 Å². The molecule has 21 heavy (non-hydrogen) atoms. The second-order valence-electron chi connectivity index (χ2n) is 4.62. The first-order valence-corrected chi connectivity index (χ1v) is 7.15. The van der Waals surface area contributed by atoms with E-state index >= 15 is 0 Å². The molecule has 0 atom stereocenters. The van der Waals surface area contributed by atoms with Crippen LogP contribution in [0.4, 0.5) is 8.78 Å². The molecule has 1 aliphatic heterocycles. The van der Waals surface area contributed by atoms with Crippen LogP contribution in [0.15, 0.2) is 23.6 Å². The molecule has 108 valence electrons. The lowest BCUT2D eigenvalue weighted by Gasteiger charge is -2.10. The Labute approximate surface area is 123 Å². The number of thiazole rings is 1. The monoisotopic (exact) mass is 308 g/mol. The molecule has 0 bridgehead atoms. The highest BCUT2D eigenvalue weighted by Gasteiger charge is 2.29. The highest BCUT2D eigenvalue weighted by Crippen LogP contribution is 2.26. The van der Waals surface area contributed by atoms with Crippen molar-refractivity contribution in [3.8, 4) is 11.3 Å². The fraction of sp³-hybridized carbons (Fsp3) is 0.214. The molecule has 0 radical (unpaired) electrons. The summed E-state index contributed by atoms with van der Waals surface area (Å²) < 4.78 is 26.9. The summed E-state index contributed by atoms with van der Waals surface area (Å²) in [6, 6.07) is 3.14. The van der Waals surface area contributed by atoms with Crippen LogP contribution in [0.25, 0.3) is 11.3 Å². The van der Waals surface area contributed by atoms with E-state index in [-0.39, 0.29) is 36.8 Å². The van der Waals surface area contributed by atoms with Crippen molar-refractivity contribution in [3.63, 3.8) is 0 Å². The van der Waals surface area contributed by atoms with Crippen LogP contribution in [-0.4, -0.2) is 21.7 Å². The number of amides is 2. The van der Waals surface area contributed by atoms with Gasteiger partial charge in [0.1, 0.15) is 16.6 Å². The summed E-state index contributed by atoms with van der Waals surface area (Å²) >= 11 is 1.20. The van der Waals surface area contributed by atoms with Crippen molar-refractivity contribution in [3.05, 3.63) is 40.2 Å². The topological polar surface area (TPSA) is 50.3 Å². The van der Waals surface area contributed by atoms with Gasteiger partial charge in [-0.3, -0.25) is 14.5 Å². The Hall–Kier alpha value is -2.15. The number of nitrogens with zero attached hydrogens (tertiary/aromatic N) is 2. The van der Waals surface area contributed by atoms with E-state index in [1.165, 1.54) is 11.3 Å². The van der Waals surface area contributed by atoms with Gasteiger partial charge in [-0.2, -0.15) is 0 Å². The van der Waals surface area contributed by atoms with Gasteiger partial charge in [0.15, 0.2) is 0 Å². The predicted octanol–water partition coefficient (Wildman–Crippen LogP) is 2.74. The van der Waals surface area contributed by atoms with E-state index in [9.17, 15) is 18.4 Å². The molecule has 1 saturated heterocycles. The van der Waals surface area contributed by atoms with Crippen LogP contribution in [0.2, 0.25) is 0 Å². The Morgan fingerprint density at radius 3 is 2.62 bits per heavy atom. The maximum absolute atomic E-state index is 13.7. The standard InChI is InChI=1S/C14H10F2N2O2S/c15-8-1-2-10(16)9(5-8)11-7-21-12(17-11)6-18-13(19)3-4-14(18)20/h1-2,5,7H,3-4,6H2. The lowest BCUT2D eigenvalue weighted by molar-refractivity contribution is -0.139. The van der Waals surface area contributed by atoms with Crippen LogP contribution in [0.5, 0.6) is 0 Å². The summed E-state index contributed by atoms with van der Waals surface area (Å²) in [5.74, 6) is -1.57. The highest BCUT2D eigenvalue weighted by atomic mass is 32.1. The molecule has 0 aliphatic carbocycles. The van der Waals surface area contributed by atoms with Crippen LogP contribution in [-0.2, 0) is 16.1 Å². The average molecular weight is 308 g/mol. The molecule has 1 aliphatic rings. The van der Waals surface area contributed by atoms with Crippen molar-refractivity contribution < 1.29 is 18.4 Å². The van der Waals surface area contributed by atoms with Gasteiger partial charge in [-0.25, -0.2) is 13.8 Å². The Morgan fingerprint density at radius 2 is 1.90 bits per heavy atom. The summed E-state index contributed by atoms with van der Waals surface area (Å²) in [5.41, 5.74) is 0.364. The maximum Gasteiger partial charge on any atom is 0.230 e. The minimum Gasteiger partial charge on any atom is -0.276 e. The van der Waals surface area contributed by atoms with Crippen molar-refractivity contribution in [2.45, 2.75) is 19.4 Å². The van der Waals surface area contributed by atoms with E-state index in [1.54, 1.807) is 5.38 Å². The zero-order chi connectivity index (χ0) is 15.0. The maximum atomic E-state index is 13.7. The van der Waals surface area contributed by atoms with Crippen LogP contribution in [0.1, 0.15) is 17.8 Å². The number of imide groups is 1. The summed E-state index contributed by atoms with van der Waals surface area (Å²) in [6.45, 7) is 0.0826. The number of carbonyl (C=O) groups excluding carboxylic acids is 2. The molecule has 2 aromatic rings. The molecular weight excluding hydrogens is 298 g/mol. The quantitative estimate of drug-likeness (QED) is 0.819. The third-order valence-electron chi connectivity index (χ3n) is 3.20. The second-order valence-corrected chi connectivity index (χ2v) is 5.57. The van der Waals surface area contributed by atoms with Gasteiger partial charge in [0.2, 0.25) is 11.8 Å². The summed E-state index contributed by atoms with van der Waals surface area (Å²) in [7, 11) is 0. The first-order chi connectivity index (χ1) is 10.0. The molecule has 1 aromatic heterocycles. The van der Waals surface area contributed by atoms with Crippen molar-refractivity contribution >= 4 is 23.2 Å². The number of hydrogen-bond donors (Lipinski definition) is 0. The molecule has 0 unspecified atom stereocenters. The summed E-state index contributed by atoms with van der Waals surface area (Å²) in [4.78, 5) is 28.4. The number of carbonyl (C=O) groups is 2. The Balaban J connectivity index is 1.85. The molecule has 1 fully saturated rings. The van der Waals surface area contributed by atoms with Gasteiger partial charge in [-0.15, -0.1) is 11.3 Å². The molecule has 0 spiro atoms. The highest BCUT2D eigenvalue weighted by molar-refractivity contribution is 7.09. The van der Waals surface area contributed by atoms with Crippen LogP contribution >= 0.6 is 11.3 Å². The van der Waals surface area contributed by atoms with Crippen molar-refractivity contribution in [1.29, 1.82) is 0 Å². The minimum absolute atomic E-state index is 0.0663. The molecule has 2 amide bonds. The lowest BCUT2D eigenvalue weighted by atomic mass is 10.1. The predicted molar refractivity (Wildman–Crippen MR) is 72.3 cm³/mol. The largest absolute Gasteiger partial charge is 0.276 e. The van der Waals surface area contributed by atoms with Crippen molar-refractivity contribution in [1.82, 2.24) is 9.88 Å². The van der Waals surface area contributed by atoms with Gasteiger partial charge < -0.3 is 0 Å². The van der Waals surface area contributed by atoms with Crippen LogP contribution in [0.3, 0.4) is 0 Å². The van der Waals surface area contributed by atoms with Crippen molar-refractivity contribution in [2.75, 3.05) is 0 Å². The number of likely N-dealkylation sites (tertiary alicyclic amines) is 1. The second kappa shape index (κ2) is 5.33. The van der Waals surface area contributed by atoms with Gasteiger partial charge in [0.05, 0.1) is 12.2 Å². The van der Waals surface area contributed by atoms with Gasteiger partial charge in [0, 0.05) is 23.8 Å². The lowest BCUT2D eigenvalue weighted by Crippen LogP contribution is -2.28. The number of halogens is 2. The number of rotatable bonds is 3. The molecule has 4 nitrogen and oxygen atoms in total. The minimum atomic E-state index is -0.568. The molecule has 0 saturated carbocycles. The molecule has 0 N–H and O–H groups in total. The van der Waals surface area contributed by atoms with Crippen LogP contribution in [0, 0.1) is 11.6 Å². The van der Waals surface area contributed by atoms with E-state index in [4.69, 9.17) is 0 Å². The number of aromatic nitrogens is 1. The van der Waals surface area contributed by atoms with E-state index in [0.717, 1.165) is 23.1 Å². The molecule has 1 aromatic carbocycles. The van der Waals surface area contributed by atoms with E-state index in [2.05, 4.69) is 4.98 Å². The SMILES string of the molecule is O=C1CCC(=O)N1Cc1nc(-c2cc(F)ccc2F)cs1. The average Bonchev–Trinajstić information content (AvgIpc) is 3.04. The van der Waals surface area contributed by atoms with E-state index in [1.807, 2.05) is 0 Å². The van der Waals surface area contributed by atoms with Gasteiger partial charge in [-0.05, 0) is 18.2 Å². The third kappa shape index (κ3) is 2.69. The Kier molecular flexibility index (Phi) is 3.50. The molecule has 2 heterocycles. The molecule has 7 heteroatoms. The normalized spacial score (nSPS) is 15.0. The zero-order valence-corrected chi connectivity index (χ0v) is 11.6. The fourth-order valence-electron chi connectivity index (χ4n) is 2.14. The van der Waals surface area contributed by atoms with Gasteiger partial charge in [-0.1, -0.05) is 0 Å².